The first-order valence-corrected chi connectivity index (χ1v) is 18.4. The lowest BCUT2D eigenvalue weighted by Gasteiger charge is -2.30. The molecule has 8 aromatic rings. The molecule has 0 saturated carbocycles. The minimum atomic E-state index is -0.0897. The van der Waals surface area contributed by atoms with Gasteiger partial charge in [-0.05, 0) is 86.5 Å². The van der Waals surface area contributed by atoms with E-state index in [1.54, 1.807) is 0 Å². The Kier molecular flexibility index (Phi) is 6.21. The van der Waals surface area contributed by atoms with Crippen LogP contribution < -0.4 is 4.90 Å². The molecule has 0 saturated heterocycles. The van der Waals surface area contributed by atoms with Crippen LogP contribution >= 0.6 is 11.3 Å². The molecule has 1 heterocycles. The van der Waals surface area contributed by atoms with Crippen LogP contribution in [0.5, 0.6) is 0 Å². The molecule has 2 heteroatoms. The minimum Gasteiger partial charge on any atom is -0.310 e. The molecular formula is C48H37NS. The molecule has 240 valence electrons. The zero-order valence-electron chi connectivity index (χ0n) is 28.8. The molecule has 0 bridgehead atoms. The Morgan fingerprint density at radius 3 is 1.84 bits per heavy atom. The van der Waals surface area contributed by atoms with Crippen LogP contribution in [0, 0.1) is 0 Å². The molecule has 0 fully saturated rings. The van der Waals surface area contributed by atoms with Gasteiger partial charge in [-0.1, -0.05) is 143 Å². The van der Waals surface area contributed by atoms with Crippen LogP contribution in [0.15, 0.2) is 152 Å². The van der Waals surface area contributed by atoms with Crippen molar-refractivity contribution in [3.05, 3.63) is 174 Å². The fraction of sp³-hybridized carbons (Fsp3) is 0.125. The summed E-state index contributed by atoms with van der Waals surface area (Å²) in [7, 11) is 0. The second kappa shape index (κ2) is 10.5. The number of hydrogen-bond acceptors (Lipinski definition) is 2. The molecule has 0 radical (unpaired) electrons. The molecule has 7 aromatic carbocycles. The highest BCUT2D eigenvalue weighted by atomic mass is 32.1. The van der Waals surface area contributed by atoms with Gasteiger partial charge in [0.2, 0.25) is 0 Å². The topological polar surface area (TPSA) is 3.24 Å². The van der Waals surface area contributed by atoms with Gasteiger partial charge in [0.05, 0.1) is 5.69 Å². The third-order valence-electron chi connectivity index (χ3n) is 11.5. The number of thiophene rings is 1. The molecule has 0 N–H and O–H groups in total. The predicted molar refractivity (Wildman–Crippen MR) is 215 cm³/mol. The summed E-state index contributed by atoms with van der Waals surface area (Å²) in [6.07, 6.45) is 0. The van der Waals surface area contributed by atoms with Crippen LogP contribution in [0.1, 0.15) is 49.9 Å². The van der Waals surface area contributed by atoms with Gasteiger partial charge in [0.15, 0.2) is 0 Å². The van der Waals surface area contributed by atoms with Gasteiger partial charge < -0.3 is 4.90 Å². The van der Waals surface area contributed by atoms with Crippen molar-refractivity contribution in [3.8, 4) is 33.4 Å². The van der Waals surface area contributed by atoms with Crippen LogP contribution in [-0.4, -0.2) is 0 Å². The van der Waals surface area contributed by atoms with E-state index in [0.717, 1.165) is 5.69 Å². The van der Waals surface area contributed by atoms with Crippen LogP contribution in [0.3, 0.4) is 0 Å². The fourth-order valence-corrected chi connectivity index (χ4v) is 10.2. The Bertz CT molecular complexity index is 2650. The van der Waals surface area contributed by atoms with E-state index in [0.29, 0.717) is 0 Å². The molecule has 1 nitrogen and oxygen atoms in total. The van der Waals surface area contributed by atoms with E-state index in [1.165, 1.54) is 87.2 Å². The second-order valence-electron chi connectivity index (χ2n) is 14.9. The van der Waals surface area contributed by atoms with Gasteiger partial charge in [-0.2, -0.15) is 0 Å². The largest absolute Gasteiger partial charge is 0.310 e. The number of nitrogens with zero attached hydrogens (tertiary/aromatic N) is 1. The van der Waals surface area contributed by atoms with Gasteiger partial charge >= 0.3 is 0 Å². The third-order valence-corrected chi connectivity index (χ3v) is 12.7. The molecule has 0 aliphatic heterocycles. The molecular weight excluding hydrogens is 623 g/mol. The van der Waals surface area contributed by atoms with Crippen LogP contribution in [0.25, 0.3) is 53.6 Å². The zero-order valence-corrected chi connectivity index (χ0v) is 29.6. The van der Waals surface area contributed by atoms with Crippen molar-refractivity contribution in [2.24, 2.45) is 0 Å². The summed E-state index contributed by atoms with van der Waals surface area (Å²) in [5.74, 6) is 0. The summed E-state index contributed by atoms with van der Waals surface area (Å²) < 4.78 is 2.68. The minimum absolute atomic E-state index is 0.0814. The van der Waals surface area contributed by atoms with E-state index in [1.807, 2.05) is 11.3 Å². The quantitative estimate of drug-likeness (QED) is 0.182. The summed E-state index contributed by atoms with van der Waals surface area (Å²) in [5.41, 5.74) is 16.8. The second-order valence-corrected chi connectivity index (χ2v) is 16.0. The highest BCUT2D eigenvalue weighted by Gasteiger charge is 2.39. The molecule has 0 spiro atoms. The lowest BCUT2D eigenvalue weighted by molar-refractivity contribution is 0.660. The molecule has 50 heavy (non-hydrogen) atoms. The SMILES string of the molecule is CC1(C)c2ccccc2-c2ccc(N(c3ccc(-c4cccc5c4sc4ccccc45)cc3)c3cccc4c3-c3ccccc3C4(C)C)cc21. The summed E-state index contributed by atoms with van der Waals surface area (Å²) in [6.45, 7) is 9.47. The highest BCUT2D eigenvalue weighted by Crippen LogP contribution is 2.55. The molecule has 10 rings (SSSR count). The summed E-state index contributed by atoms with van der Waals surface area (Å²) in [5, 5.41) is 2.66. The maximum absolute atomic E-state index is 2.50. The summed E-state index contributed by atoms with van der Waals surface area (Å²) in [6, 6.07) is 56.7. The first kappa shape index (κ1) is 29.5. The Hall–Kier alpha value is -5.44. The molecule has 0 unspecified atom stereocenters. The zero-order chi connectivity index (χ0) is 33.8. The first-order valence-electron chi connectivity index (χ1n) is 17.6. The third kappa shape index (κ3) is 4.06. The highest BCUT2D eigenvalue weighted by molar-refractivity contribution is 7.26. The Morgan fingerprint density at radius 2 is 1.02 bits per heavy atom. The van der Waals surface area contributed by atoms with Crippen molar-refractivity contribution in [2.75, 3.05) is 4.90 Å². The van der Waals surface area contributed by atoms with Crippen molar-refractivity contribution in [1.82, 2.24) is 0 Å². The number of rotatable bonds is 4. The molecule has 2 aliphatic carbocycles. The van der Waals surface area contributed by atoms with Gasteiger partial charge in [0.25, 0.3) is 0 Å². The van der Waals surface area contributed by atoms with Crippen molar-refractivity contribution in [3.63, 3.8) is 0 Å². The van der Waals surface area contributed by atoms with Gasteiger partial charge in [0.1, 0.15) is 0 Å². The normalized spacial score (nSPS) is 14.7. The van der Waals surface area contributed by atoms with E-state index < -0.39 is 0 Å². The van der Waals surface area contributed by atoms with E-state index in [9.17, 15) is 0 Å². The number of benzene rings is 7. The van der Waals surface area contributed by atoms with Crippen LogP contribution in [-0.2, 0) is 10.8 Å². The Balaban J connectivity index is 1.17. The van der Waals surface area contributed by atoms with Gasteiger partial charge in [-0.15, -0.1) is 11.3 Å². The Labute approximate surface area is 298 Å². The maximum atomic E-state index is 2.50. The number of anilines is 3. The van der Waals surface area contributed by atoms with Crippen LogP contribution in [0.2, 0.25) is 0 Å². The standard InChI is InChI=1S/C48H37NS/c1-47(2)40-19-9-6-15-38(40)45-41(47)20-12-21-43(45)49(32-27-28-35-34-13-5-8-18-39(34)48(3,4)42(35)29-32)31-25-23-30(24-26-31)33-16-11-17-37-36-14-7-10-22-44(36)50-46(33)37/h5-29H,1-4H3. The molecule has 0 amide bonds. The van der Waals surface area contributed by atoms with E-state index in [2.05, 4.69) is 184 Å². The fourth-order valence-electron chi connectivity index (χ4n) is 8.94. The lowest BCUT2D eigenvalue weighted by atomic mass is 9.82. The average molecular weight is 660 g/mol. The van der Waals surface area contributed by atoms with Crippen LogP contribution in [0.4, 0.5) is 17.1 Å². The van der Waals surface area contributed by atoms with Gasteiger partial charge in [-0.25, -0.2) is 0 Å². The monoisotopic (exact) mass is 659 g/mol. The maximum Gasteiger partial charge on any atom is 0.0543 e. The summed E-state index contributed by atoms with van der Waals surface area (Å²) in [4.78, 5) is 2.50. The van der Waals surface area contributed by atoms with E-state index in [4.69, 9.17) is 0 Å². The van der Waals surface area contributed by atoms with Crippen molar-refractivity contribution < 1.29 is 0 Å². The first-order chi connectivity index (χ1) is 24.3. The smallest absolute Gasteiger partial charge is 0.0543 e. The van der Waals surface area contributed by atoms with Crippen molar-refractivity contribution >= 4 is 48.6 Å². The van der Waals surface area contributed by atoms with Gasteiger partial charge in [0, 0.05) is 47.9 Å². The molecule has 2 aliphatic rings. The summed E-state index contributed by atoms with van der Waals surface area (Å²) >= 11 is 1.89. The number of fused-ring (bicyclic) bond motifs is 9. The van der Waals surface area contributed by atoms with Crippen molar-refractivity contribution in [1.29, 1.82) is 0 Å². The van der Waals surface area contributed by atoms with Crippen molar-refractivity contribution in [2.45, 2.75) is 38.5 Å². The number of hydrogen-bond donors (Lipinski definition) is 0. The predicted octanol–water partition coefficient (Wildman–Crippen LogP) is 13.8. The average Bonchev–Trinajstić information content (AvgIpc) is 3.72. The van der Waals surface area contributed by atoms with Gasteiger partial charge in [-0.3, -0.25) is 0 Å². The Morgan fingerprint density at radius 1 is 0.440 bits per heavy atom. The van der Waals surface area contributed by atoms with E-state index >= 15 is 0 Å². The lowest BCUT2D eigenvalue weighted by Crippen LogP contribution is -2.17. The molecule has 1 aromatic heterocycles. The molecule has 0 atom stereocenters. The van der Waals surface area contributed by atoms with E-state index in [-0.39, 0.29) is 10.8 Å².